The SMILES string of the molecule is O=C(/C=C/c1ccc(F)cc1)NCCOc1ccccc1Cl. The Morgan fingerprint density at radius 1 is 1.18 bits per heavy atom. The number of benzene rings is 2. The second-order valence-electron chi connectivity index (χ2n) is 4.45. The standard InChI is InChI=1S/C17H15ClFNO2/c18-15-3-1-2-4-16(15)22-12-11-20-17(21)10-7-13-5-8-14(19)9-6-13/h1-10H,11-12H2,(H,20,21)/b10-7+. The van der Waals surface area contributed by atoms with Crippen LogP contribution in [-0.4, -0.2) is 19.1 Å². The zero-order valence-electron chi connectivity index (χ0n) is 11.8. The second-order valence-corrected chi connectivity index (χ2v) is 4.86. The molecule has 22 heavy (non-hydrogen) atoms. The molecule has 0 saturated carbocycles. The number of ether oxygens (including phenoxy) is 1. The summed E-state index contributed by atoms with van der Waals surface area (Å²) in [6.07, 6.45) is 3.01. The first-order valence-corrected chi connectivity index (χ1v) is 7.12. The third-order valence-electron chi connectivity index (χ3n) is 2.79. The van der Waals surface area contributed by atoms with Gasteiger partial charge in [0, 0.05) is 6.08 Å². The molecule has 0 aliphatic carbocycles. The maximum absolute atomic E-state index is 12.7. The molecule has 2 aromatic carbocycles. The molecular weight excluding hydrogens is 305 g/mol. The first kappa shape index (κ1) is 16.0. The van der Waals surface area contributed by atoms with Crippen molar-refractivity contribution in [2.75, 3.05) is 13.2 Å². The van der Waals surface area contributed by atoms with Gasteiger partial charge in [-0.05, 0) is 35.9 Å². The van der Waals surface area contributed by atoms with Crippen molar-refractivity contribution in [1.29, 1.82) is 0 Å². The van der Waals surface area contributed by atoms with Gasteiger partial charge < -0.3 is 10.1 Å². The number of carbonyl (C=O) groups excluding carboxylic acids is 1. The van der Waals surface area contributed by atoms with Crippen molar-refractivity contribution in [2.24, 2.45) is 0 Å². The molecule has 2 aromatic rings. The largest absolute Gasteiger partial charge is 0.490 e. The van der Waals surface area contributed by atoms with Crippen molar-refractivity contribution >= 4 is 23.6 Å². The van der Waals surface area contributed by atoms with Gasteiger partial charge in [0.25, 0.3) is 0 Å². The van der Waals surface area contributed by atoms with Gasteiger partial charge in [0.2, 0.25) is 5.91 Å². The molecule has 0 bridgehead atoms. The van der Waals surface area contributed by atoms with E-state index in [-0.39, 0.29) is 11.7 Å². The Bertz CT molecular complexity index is 656. The van der Waals surface area contributed by atoms with Crippen molar-refractivity contribution in [3.05, 3.63) is 71.0 Å². The second kappa shape index (κ2) is 8.20. The summed E-state index contributed by atoms with van der Waals surface area (Å²) in [6.45, 7) is 0.678. The molecular formula is C17H15ClFNO2. The first-order valence-electron chi connectivity index (χ1n) is 6.74. The summed E-state index contributed by atoms with van der Waals surface area (Å²) in [4.78, 5) is 11.6. The Kier molecular flexibility index (Phi) is 5.98. The van der Waals surface area contributed by atoms with Crippen LogP contribution in [0, 0.1) is 5.82 Å². The van der Waals surface area contributed by atoms with Gasteiger partial charge >= 0.3 is 0 Å². The maximum Gasteiger partial charge on any atom is 0.244 e. The van der Waals surface area contributed by atoms with Crippen molar-refractivity contribution in [1.82, 2.24) is 5.32 Å². The molecule has 3 nitrogen and oxygen atoms in total. The number of amides is 1. The number of halogens is 2. The fourth-order valence-corrected chi connectivity index (χ4v) is 1.89. The summed E-state index contributed by atoms with van der Waals surface area (Å²) in [5.74, 6) is 0.0330. The molecule has 1 N–H and O–H groups in total. The average molecular weight is 320 g/mol. The highest BCUT2D eigenvalue weighted by atomic mass is 35.5. The van der Waals surface area contributed by atoms with Crippen LogP contribution in [0.1, 0.15) is 5.56 Å². The van der Waals surface area contributed by atoms with Crippen LogP contribution in [0.4, 0.5) is 4.39 Å². The molecule has 1 amide bonds. The molecule has 0 saturated heterocycles. The highest BCUT2D eigenvalue weighted by molar-refractivity contribution is 6.32. The van der Waals surface area contributed by atoms with Crippen LogP contribution in [-0.2, 0) is 4.79 Å². The minimum absolute atomic E-state index is 0.243. The molecule has 0 radical (unpaired) electrons. The monoisotopic (exact) mass is 319 g/mol. The summed E-state index contributed by atoms with van der Waals surface area (Å²) >= 11 is 5.94. The van der Waals surface area contributed by atoms with E-state index >= 15 is 0 Å². The Morgan fingerprint density at radius 3 is 2.64 bits per heavy atom. The summed E-state index contributed by atoms with van der Waals surface area (Å²) in [7, 11) is 0. The molecule has 0 heterocycles. The molecule has 0 aliphatic heterocycles. The van der Waals surface area contributed by atoms with Crippen LogP contribution >= 0.6 is 11.6 Å². The number of hydrogen-bond donors (Lipinski definition) is 1. The summed E-state index contributed by atoms with van der Waals surface area (Å²) < 4.78 is 18.2. The van der Waals surface area contributed by atoms with Crippen molar-refractivity contribution < 1.29 is 13.9 Å². The minimum Gasteiger partial charge on any atom is -0.490 e. The highest BCUT2D eigenvalue weighted by Crippen LogP contribution is 2.22. The molecule has 0 spiro atoms. The highest BCUT2D eigenvalue weighted by Gasteiger charge is 2.00. The van der Waals surface area contributed by atoms with Crippen LogP contribution in [0.2, 0.25) is 5.02 Å². The van der Waals surface area contributed by atoms with E-state index in [1.165, 1.54) is 18.2 Å². The lowest BCUT2D eigenvalue weighted by Crippen LogP contribution is -2.26. The fourth-order valence-electron chi connectivity index (χ4n) is 1.70. The lowest BCUT2D eigenvalue weighted by atomic mass is 10.2. The van der Waals surface area contributed by atoms with E-state index in [4.69, 9.17) is 16.3 Å². The van der Waals surface area contributed by atoms with E-state index < -0.39 is 0 Å². The van der Waals surface area contributed by atoms with E-state index in [2.05, 4.69) is 5.32 Å². The minimum atomic E-state index is -0.307. The van der Waals surface area contributed by atoms with Gasteiger partial charge in [-0.1, -0.05) is 35.9 Å². The number of nitrogens with one attached hydrogen (secondary N) is 1. The van der Waals surface area contributed by atoms with Crippen LogP contribution in [0.3, 0.4) is 0 Å². The van der Waals surface area contributed by atoms with Crippen LogP contribution < -0.4 is 10.1 Å². The van der Waals surface area contributed by atoms with Gasteiger partial charge in [-0.25, -0.2) is 4.39 Å². The number of rotatable bonds is 6. The van der Waals surface area contributed by atoms with E-state index in [1.54, 1.807) is 30.3 Å². The Hall–Kier alpha value is -2.33. The van der Waals surface area contributed by atoms with Crippen molar-refractivity contribution in [3.63, 3.8) is 0 Å². The smallest absolute Gasteiger partial charge is 0.244 e. The van der Waals surface area contributed by atoms with Crippen LogP contribution in [0.5, 0.6) is 5.75 Å². The third kappa shape index (κ3) is 5.22. The lowest BCUT2D eigenvalue weighted by molar-refractivity contribution is -0.116. The lowest BCUT2D eigenvalue weighted by Gasteiger charge is -2.07. The molecule has 0 fully saturated rings. The first-order chi connectivity index (χ1) is 10.6. The van der Waals surface area contributed by atoms with Gasteiger partial charge in [0.1, 0.15) is 18.2 Å². The van der Waals surface area contributed by atoms with E-state index in [0.29, 0.717) is 23.9 Å². The van der Waals surface area contributed by atoms with Gasteiger partial charge in [0.15, 0.2) is 0 Å². The Morgan fingerprint density at radius 2 is 1.91 bits per heavy atom. The summed E-state index contributed by atoms with van der Waals surface area (Å²) in [5.41, 5.74) is 0.754. The zero-order valence-corrected chi connectivity index (χ0v) is 12.5. The number of carbonyl (C=O) groups is 1. The molecule has 114 valence electrons. The summed E-state index contributed by atoms with van der Waals surface area (Å²) in [5, 5.41) is 3.22. The normalized spacial score (nSPS) is 10.6. The maximum atomic E-state index is 12.7. The van der Waals surface area contributed by atoms with E-state index in [0.717, 1.165) is 5.56 Å². The van der Waals surface area contributed by atoms with Crippen LogP contribution in [0.25, 0.3) is 6.08 Å². The Labute approximate surface area is 133 Å². The molecule has 5 heteroatoms. The molecule has 0 aliphatic rings. The number of hydrogen-bond acceptors (Lipinski definition) is 2. The van der Waals surface area contributed by atoms with Crippen LogP contribution in [0.15, 0.2) is 54.6 Å². The van der Waals surface area contributed by atoms with E-state index in [1.807, 2.05) is 12.1 Å². The predicted molar refractivity (Wildman–Crippen MR) is 85.4 cm³/mol. The molecule has 0 aromatic heterocycles. The molecule has 2 rings (SSSR count). The van der Waals surface area contributed by atoms with Gasteiger partial charge in [-0.2, -0.15) is 0 Å². The summed E-state index contributed by atoms with van der Waals surface area (Å²) in [6, 6.07) is 13.0. The number of para-hydroxylation sites is 1. The molecule has 0 unspecified atom stereocenters. The molecule has 0 atom stereocenters. The van der Waals surface area contributed by atoms with Gasteiger partial charge in [0.05, 0.1) is 11.6 Å². The topological polar surface area (TPSA) is 38.3 Å². The van der Waals surface area contributed by atoms with E-state index in [9.17, 15) is 9.18 Å². The van der Waals surface area contributed by atoms with Crippen molar-refractivity contribution in [2.45, 2.75) is 0 Å². The third-order valence-corrected chi connectivity index (χ3v) is 3.10. The quantitative estimate of drug-likeness (QED) is 0.651. The Balaban J connectivity index is 1.72. The zero-order chi connectivity index (χ0) is 15.8. The fraction of sp³-hybridized carbons (Fsp3) is 0.118. The van der Waals surface area contributed by atoms with Gasteiger partial charge in [-0.15, -0.1) is 0 Å². The predicted octanol–water partition coefficient (Wildman–Crippen LogP) is 3.69. The average Bonchev–Trinajstić information content (AvgIpc) is 2.52. The van der Waals surface area contributed by atoms with Crippen molar-refractivity contribution in [3.8, 4) is 5.75 Å². The van der Waals surface area contributed by atoms with Gasteiger partial charge in [-0.3, -0.25) is 4.79 Å².